The maximum absolute atomic E-state index is 11.6. The Morgan fingerprint density at radius 1 is 1.15 bits per heavy atom. The van der Waals surface area contributed by atoms with Gasteiger partial charge in [0.05, 0.1) is 29.6 Å². The molecule has 0 saturated heterocycles. The molecule has 0 spiro atoms. The normalized spacial score (nSPS) is 14.3. The van der Waals surface area contributed by atoms with Gasteiger partial charge in [0.25, 0.3) is 0 Å². The summed E-state index contributed by atoms with van der Waals surface area (Å²) in [6.45, 7) is 1.91. The van der Waals surface area contributed by atoms with Gasteiger partial charge in [-0.1, -0.05) is 36.7 Å². The van der Waals surface area contributed by atoms with Crippen LogP contribution in [0.5, 0.6) is 0 Å². The number of anilines is 1. The summed E-state index contributed by atoms with van der Waals surface area (Å²) < 4.78 is 27.8. The number of aliphatic hydroxyl groups is 1. The summed E-state index contributed by atoms with van der Waals surface area (Å²) >= 11 is 6.02. The molecule has 0 bridgehead atoms. The highest BCUT2D eigenvalue weighted by molar-refractivity contribution is 7.92. The van der Waals surface area contributed by atoms with Crippen molar-refractivity contribution in [2.45, 2.75) is 18.9 Å². The molecular formula is C19H21ClN2O3S. The number of hydrogen-bond acceptors (Lipinski definition) is 3. The van der Waals surface area contributed by atoms with E-state index in [0.29, 0.717) is 17.1 Å². The molecule has 138 valence electrons. The molecule has 3 rings (SSSR count). The fourth-order valence-electron chi connectivity index (χ4n) is 3.38. The summed E-state index contributed by atoms with van der Waals surface area (Å²) in [4.78, 5) is 0. The number of halogens is 1. The SMILES string of the molecule is CCC(CO)(c1ccc(Cl)cc1)n1ccc2c(NS(C)(=O)=O)cccc21. The van der Waals surface area contributed by atoms with Crippen molar-refractivity contribution in [3.8, 4) is 0 Å². The molecule has 1 unspecified atom stereocenters. The molecule has 0 fully saturated rings. The van der Waals surface area contributed by atoms with Crippen LogP contribution in [0.2, 0.25) is 5.02 Å². The molecule has 3 aromatic rings. The third-order valence-corrected chi connectivity index (χ3v) is 5.56. The predicted molar refractivity (Wildman–Crippen MR) is 106 cm³/mol. The number of benzene rings is 2. The van der Waals surface area contributed by atoms with Gasteiger partial charge in [-0.3, -0.25) is 4.72 Å². The average molecular weight is 393 g/mol. The van der Waals surface area contributed by atoms with Gasteiger partial charge in [0.1, 0.15) is 0 Å². The van der Waals surface area contributed by atoms with Crippen molar-refractivity contribution in [3.63, 3.8) is 0 Å². The second kappa shape index (κ2) is 6.95. The fourth-order valence-corrected chi connectivity index (χ4v) is 4.09. The second-order valence-corrected chi connectivity index (χ2v) is 8.53. The lowest BCUT2D eigenvalue weighted by atomic mass is 9.87. The minimum Gasteiger partial charge on any atom is -0.394 e. The zero-order chi connectivity index (χ0) is 18.9. The highest BCUT2D eigenvalue weighted by Crippen LogP contribution is 2.36. The molecule has 5 nitrogen and oxygen atoms in total. The van der Waals surface area contributed by atoms with Crippen molar-refractivity contribution in [2.24, 2.45) is 0 Å². The first kappa shape index (κ1) is 18.8. The molecule has 0 saturated carbocycles. The van der Waals surface area contributed by atoms with E-state index in [0.717, 1.165) is 22.7 Å². The Morgan fingerprint density at radius 2 is 1.85 bits per heavy atom. The monoisotopic (exact) mass is 392 g/mol. The standard InChI is InChI=1S/C19H21ClN2O3S/c1-3-19(13-23,14-7-9-15(20)10-8-14)22-12-11-16-17(21-26(2,24)25)5-4-6-18(16)22/h4-12,21,23H,3,13H2,1-2H3. The molecule has 2 N–H and O–H groups in total. The average Bonchev–Trinajstić information content (AvgIpc) is 3.03. The van der Waals surface area contributed by atoms with Crippen LogP contribution in [0.3, 0.4) is 0 Å². The van der Waals surface area contributed by atoms with Gasteiger partial charge in [0.15, 0.2) is 0 Å². The van der Waals surface area contributed by atoms with Gasteiger partial charge in [-0.2, -0.15) is 0 Å². The van der Waals surface area contributed by atoms with E-state index in [2.05, 4.69) is 4.72 Å². The van der Waals surface area contributed by atoms with Crippen molar-refractivity contribution >= 4 is 38.2 Å². The van der Waals surface area contributed by atoms with Crippen LogP contribution >= 0.6 is 11.6 Å². The van der Waals surface area contributed by atoms with Crippen LogP contribution < -0.4 is 4.72 Å². The number of aromatic nitrogens is 1. The summed E-state index contributed by atoms with van der Waals surface area (Å²) in [6.07, 6.45) is 3.66. The minimum atomic E-state index is -3.39. The van der Waals surface area contributed by atoms with E-state index in [9.17, 15) is 13.5 Å². The predicted octanol–water partition coefficient (Wildman–Crippen LogP) is 3.81. The highest BCUT2D eigenvalue weighted by atomic mass is 35.5. The topological polar surface area (TPSA) is 71.3 Å². The number of hydrogen-bond donors (Lipinski definition) is 2. The molecule has 1 heterocycles. The molecule has 2 aromatic carbocycles. The zero-order valence-electron chi connectivity index (χ0n) is 14.6. The van der Waals surface area contributed by atoms with Crippen LogP contribution in [0, 0.1) is 0 Å². The van der Waals surface area contributed by atoms with E-state index in [-0.39, 0.29) is 6.61 Å². The Hall–Kier alpha value is -2.02. The largest absolute Gasteiger partial charge is 0.394 e. The van der Waals surface area contributed by atoms with Gasteiger partial charge >= 0.3 is 0 Å². The molecule has 0 aliphatic heterocycles. The molecule has 0 amide bonds. The van der Waals surface area contributed by atoms with E-state index in [1.54, 1.807) is 24.3 Å². The first-order valence-corrected chi connectivity index (χ1v) is 10.5. The molecular weight excluding hydrogens is 372 g/mol. The summed E-state index contributed by atoms with van der Waals surface area (Å²) in [5.74, 6) is 0. The van der Waals surface area contributed by atoms with Gasteiger partial charge in [-0.25, -0.2) is 8.42 Å². The molecule has 1 atom stereocenters. The van der Waals surface area contributed by atoms with Crippen molar-refractivity contribution in [1.29, 1.82) is 0 Å². The molecule has 0 aliphatic carbocycles. The highest BCUT2D eigenvalue weighted by Gasteiger charge is 2.32. The molecule has 26 heavy (non-hydrogen) atoms. The Kier molecular flexibility index (Phi) is 5.01. The molecule has 7 heteroatoms. The maximum Gasteiger partial charge on any atom is 0.229 e. The lowest BCUT2D eigenvalue weighted by Gasteiger charge is -2.34. The first-order valence-electron chi connectivity index (χ1n) is 8.26. The Labute approximate surface area is 158 Å². The third kappa shape index (κ3) is 3.32. The number of sulfonamides is 1. The van der Waals surface area contributed by atoms with Crippen molar-refractivity contribution in [3.05, 3.63) is 65.3 Å². The summed E-state index contributed by atoms with van der Waals surface area (Å²) in [5, 5.41) is 11.7. The van der Waals surface area contributed by atoms with Gasteiger partial charge in [-0.05, 0) is 42.3 Å². The van der Waals surface area contributed by atoms with Crippen LogP contribution in [0.1, 0.15) is 18.9 Å². The Balaban J connectivity index is 2.22. The van der Waals surface area contributed by atoms with Crippen molar-refractivity contribution in [1.82, 2.24) is 4.57 Å². The fraction of sp³-hybridized carbons (Fsp3) is 0.263. The first-order chi connectivity index (χ1) is 12.3. The number of nitrogens with one attached hydrogen (secondary N) is 1. The van der Waals surface area contributed by atoms with E-state index in [1.807, 2.05) is 42.0 Å². The zero-order valence-corrected chi connectivity index (χ0v) is 16.2. The quantitative estimate of drug-likeness (QED) is 0.670. The third-order valence-electron chi connectivity index (χ3n) is 4.72. The van der Waals surface area contributed by atoms with E-state index in [1.165, 1.54) is 0 Å². The van der Waals surface area contributed by atoms with Gasteiger partial charge in [-0.15, -0.1) is 0 Å². The number of aliphatic hydroxyl groups excluding tert-OH is 1. The van der Waals surface area contributed by atoms with Crippen LogP contribution in [0.25, 0.3) is 10.9 Å². The van der Waals surface area contributed by atoms with Gasteiger partial charge < -0.3 is 9.67 Å². The van der Waals surface area contributed by atoms with E-state index < -0.39 is 15.6 Å². The molecule has 1 aromatic heterocycles. The summed E-state index contributed by atoms with van der Waals surface area (Å²) in [6, 6.07) is 14.7. The minimum absolute atomic E-state index is 0.0986. The number of nitrogens with zero attached hydrogens (tertiary/aromatic N) is 1. The number of rotatable bonds is 6. The number of fused-ring (bicyclic) bond motifs is 1. The van der Waals surface area contributed by atoms with Gasteiger partial charge in [0, 0.05) is 16.6 Å². The second-order valence-electron chi connectivity index (χ2n) is 6.35. The Bertz CT molecular complexity index is 1020. The lowest BCUT2D eigenvalue weighted by Crippen LogP contribution is -2.37. The lowest BCUT2D eigenvalue weighted by molar-refractivity contribution is 0.165. The van der Waals surface area contributed by atoms with E-state index >= 15 is 0 Å². The van der Waals surface area contributed by atoms with Crippen LogP contribution in [0.4, 0.5) is 5.69 Å². The van der Waals surface area contributed by atoms with Crippen LogP contribution in [-0.4, -0.2) is 31.0 Å². The van der Waals surface area contributed by atoms with Crippen LogP contribution in [-0.2, 0) is 15.6 Å². The molecule has 0 aliphatic rings. The smallest absolute Gasteiger partial charge is 0.229 e. The van der Waals surface area contributed by atoms with Crippen molar-refractivity contribution < 1.29 is 13.5 Å². The summed E-state index contributed by atoms with van der Waals surface area (Å²) in [5.41, 5.74) is 1.62. The maximum atomic E-state index is 11.6. The Morgan fingerprint density at radius 3 is 2.42 bits per heavy atom. The van der Waals surface area contributed by atoms with E-state index in [4.69, 9.17) is 11.6 Å². The summed E-state index contributed by atoms with van der Waals surface area (Å²) in [7, 11) is -3.39. The van der Waals surface area contributed by atoms with Crippen molar-refractivity contribution in [2.75, 3.05) is 17.6 Å². The van der Waals surface area contributed by atoms with Gasteiger partial charge in [0.2, 0.25) is 10.0 Å². The molecule has 0 radical (unpaired) electrons. The van der Waals surface area contributed by atoms with Crippen LogP contribution in [0.15, 0.2) is 54.7 Å².